The molecule has 0 bridgehead atoms. The fraction of sp³-hybridized carbons (Fsp3) is 0.556. The second-order valence-electron chi connectivity index (χ2n) is 6.97. The molecular weight excluding hydrogens is 314 g/mol. The largest absolute Gasteiger partial charge is 0.481 e. The van der Waals surface area contributed by atoms with Gasteiger partial charge in [-0.3, -0.25) is 9.59 Å². The number of rotatable bonds is 4. The Morgan fingerprint density at radius 3 is 2.83 bits per heavy atom. The minimum atomic E-state index is -0.742. The number of carboxylic acid groups (broad SMARTS) is 1. The van der Waals surface area contributed by atoms with E-state index >= 15 is 0 Å². The molecule has 1 aromatic rings. The molecule has 124 valence electrons. The van der Waals surface area contributed by atoms with Crippen molar-refractivity contribution in [3.63, 3.8) is 0 Å². The van der Waals surface area contributed by atoms with Crippen molar-refractivity contribution in [2.45, 2.75) is 32.6 Å². The van der Waals surface area contributed by atoms with Crippen molar-refractivity contribution < 1.29 is 14.7 Å². The molecule has 0 spiro atoms. The van der Waals surface area contributed by atoms with Gasteiger partial charge < -0.3 is 10.0 Å². The number of carbonyl (C=O) groups is 2. The van der Waals surface area contributed by atoms with Gasteiger partial charge in [0.05, 0.1) is 5.41 Å². The number of carbonyl (C=O) groups excluding carboxylic acids is 1. The van der Waals surface area contributed by atoms with Crippen molar-refractivity contribution in [2.24, 2.45) is 17.3 Å². The maximum atomic E-state index is 12.7. The van der Waals surface area contributed by atoms with Gasteiger partial charge in [0.25, 0.3) is 0 Å². The molecule has 1 N–H and O–H groups in total. The number of amides is 1. The van der Waals surface area contributed by atoms with Crippen molar-refractivity contribution in [3.8, 4) is 0 Å². The third-order valence-corrected chi connectivity index (χ3v) is 5.88. The number of nitrogens with zero attached hydrogens (tertiary/aromatic N) is 1. The van der Waals surface area contributed by atoms with Crippen LogP contribution in [0.5, 0.6) is 0 Å². The van der Waals surface area contributed by atoms with Crippen LogP contribution in [0.4, 0.5) is 0 Å². The number of halogens is 1. The van der Waals surface area contributed by atoms with Crippen LogP contribution < -0.4 is 0 Å². The molecule has 0 aromatic heterocycles. The second kappa shape index (κ2) is 6.16. The van der Waals surface area contributed by atoms with E-state index in [0.717, 1.165) is 18.4 Å². The fourth-order valence-corrected chi connectivity index (χ4v) is 4.41. The van der Waals surface area contributed by atoms with E-state index in [1.54, 1.807) is 4.90 Å². The summed E-state index contributed by atoms with van der Waals surface area (Å²) < 4.78 is 0. The lowest BCUT2D eigenvalue weighted by Crippen LogP contribution is -2.39. The van der Waals surface area contributed by atoms with Gasteiger partial charge in [-0.15, -0.1) is 0 Å². The Hall–Kier alpha value is -1.55. The minimum absolute atomic E-state index is 0.0416. The zero-order valence-corrected chi connectivity index (χ0v) is 14.1. The number of carboxylic acids is 1. The van der Waals surface area contributed by atoms with Gasteiger partial charge in [0.15, 0.2) is 0 Å². The normalized spacial score (nSPS) is 27.7. The first-order valence-electron chi connectivity index (χ1n) is 8.19. The van der Waals surface area contributed by atoms with Crippen molar-refractivity contribution >= 4 is 23.5 Å². The highest BCUT2D eigenvalue weighted by atomic mass is 35.5. The topological polar surface area (TPSA) is 57.6 Å². The molecule has 1 saturated heterocycles. The van der Waals surface area contributed by atoms with Gasteiger partial charge in [0.1, 0.15) is 0 Å². The van der Waals surface area contributed by atoms with Gasteiger partial charge in [0, 0.05) is 24.0 Å². The lowest BCUT2D eigenvalue weighted by molar-refractivity contribution is -0.149. The molecule has 3 rings (SSSR count). The van der Waals surface area contributed by atoms with Crippen LogP contribution in [0.15, 0.2) is 24.3 Å². The van der Waals surface area contributed by atoms with E-state index < -0.39 is 11.4 Å². The van der Waals surface area contributed by atoms with E-state index in [2.05, 4.69) is 0 Å². The van der Waals surface area contributed by atoms with E-state index in [1.807, 2.05) is 31.2 Å². The standard InChI is InChI=1S/C18H22ClNO3/c1-12(9-13-5-2-3-7-15(13)19)16(21)20-10-14-6-4-8-18(14,11-20)17(22)23/h2-3,5,7,12,14H,4,6,8-11H2,1H3,(H,22,23)/t12?,14-,18+/m0/s1. The molecule has 3 atom stereocenters. The molecule has 1 unspecified atom stereocenters. The Bertz CT molecular complexity index is 632. The van der Waals surface area contributed by atoms with Crippen molar-refractivity contribution in [1.29, 1.82) is 0 Å². The van der Waals surface area contributed by atoms with Crippen LogP contribution in [0.1, 0.15) is 31.7 Å². The summed E-state index contributed by atoms with van der Waals surface area (Å²) in [5.41, 5.74) is 0.252. The minimum Gasteiger partial charge on any atom is -0.481 e. The van der Waals surface area contributed by atoms with Crippen LogP contribution >= 0.6 is 11.6 Å². The highest BCUT2D eigenvalue weighted by Crippen LogP contribution is 2.49. The molecule has 1 saturated carbocycles. The van der Waals surface area contributed by atoms with E-state index in [1.165, 1.54) is 0 Å². The molecule has 1 aliphatic carbocycles. The Labute approximate surface area is 141 Å². The van der Waals surface area contributed by atoms with Gasteiger partial charge in [-0.2, -0.15) is 0 Å². The van der Waals surface area contributed by atoms with Crippen LogP contribution in [0.3, 0.4) is 0 Å². The molecule has 1 aliphatic heterocycles. The molecule has 2 aliphatic rings. The first-order chi connectivity index (χ1) is 10.9. The summed E-state index contributed by atoms with van der Waals surface area (Å²) in [4.78, 5) is 26.2. The number of fused-ring (bicyclic) bond motifs is 1. The first kappa shape index (κ1) is 16.3. The second-order valence-corrected chi connectivity index (χ2v) is 7.37. The predicted octanol–water partition coefficient (Wildman–Crippen LogP) is 3.23. The maximum absolute atomic E-state index is 12.7. The molecule has 1 aromatic carbocycles. The van der Waals surface area contributed by atoms with E-state index in [4.69, 9.17) is 11.6 Å². The zero-order chi connectivity index (χ0) is 16.6. The van der Waals surface area contributed by atoms with Gasteiger partial charge >= 0.3 is 5.97 Å². The lowest BCUT2D eigenvalue weighted by Gasteiger charge is -2.25. The van der Waals surface area contributed by atoms with Crippen LogP contribution in [0.25, 0.3) is 0 Å². The Balaban J connectivity index is 1.69. The summed E-state index contributed by atoms with van der Waals surface area (Å²) in [6, 6.07) is 7.55. The van der Waals surface area contributed by atoms with Crippen molar-refractivity contribution in [3.05, 3.63) is 34.9 Å². The fourth-order valence-electron chi connectivity index (χ4n) is 4.20. The Kier molecular flexibility index (Phi) is 4.37. The van der Waals surface area contributed by atoms with E-state index in [0.29, 0.717) is 31.0 Å². The molecule has 23 heavy (non-hydrogen) atoms. The summed E-state index contributed by atoms with van der Waals surface area (Å²) in [7, 11) is 0. The summed E-state index contributed by atoms with van der Waals surface area (Å²) in [6.45, 7) is 2.84. The van der Waals surface area contributed by atoms with Crippen LogP contribution in [0, 0.1) is 17.3 Å². The average Bonchev–Trinajstić information content (AvgIpc) is 3.06. The molecule has 5 heteroatoms. The smallest absolute Gasteiger partial charge is 0.311 e. The van der Waals surface area contributed by atoms with Gasteiger partial charge in [0.2, 0.25) is 5.91 Å². The number of benzene rings is 1. The lowest BCUT2D eigenvalue weighted by atomic mass is 9.81. The van der Waals surface area contributed by atoms with E-state index in [-0.39, 0.29) is 17.7 Å². The van der Waals surface area contributed by atoms with Crippen molar-refractivity contribution in [1.82, 2.24) is 4.90 Å². The van der Waals surface area contributed by atoms with Crippen molar-refractivity contribution in [2.75, 3.05) is 13.1 Å². The maximum Gasteiger partial charge on any atom is 0.311 e. The molecule has 1 amide bonds. The van der Waals surface area contributed by atoms with Crippen LogP contribution in [-0.2, 0) is 16.0 Å². The average molecular weight is 336 g/mol. The Morgan fingerprint density at radius 1 is 1.43 bits per heavy atom. The summed E-state index contributed by atoms with van der Waals surface area (Å²) in [5, 5.41) is 10.3. The first-order valence-corrected chi connectivity index (χ1v) is 8.57. The van der Waals surface area contributed by atoms with Gasteiger partial charge in [-0.05, 0) is 36.8 Å². The monoisotopic (exact) mass is 335 g/mol. The Morgan fingerprint density at radius 2 is 2.17 bits per heavy atom. The zero-order valence-electron chi connectivity index (χ0n) is 13.3. The SMILES string of the molecule is CC(Cc1ccccc1Cl)C(=O)N1C[C@@H]2CCC[C@@]2(C(=O)O)C1. The highest BCUT2D eigenvalue weighted by Gasteiger charge is 2.55. The number of hydrogen-bond donors (Lipinski definition) is 1. The quantitative estimate of drug-likeness (QED) is 0.919. The number of hydrogen-bond acceptors (Lipinski definition) is 2. The molecule has 2 fully saturated rings. The predicted molar refractivity (Wildman–Crippen MR) is 88.3 cm³/mol. The molecular formula is C18H22ClNO3. The van der Waals surface area contributed by atoms with Gasteiger partial charge in [-0.25, -0.2) is 0 Å². The number of likely N-dealkylation sites (tertiary alicyclic amines) is 1. The van der Waals surface area contributed by atoms with Crippen LogP contribution in [-0.4, -0.2) is 35.0 Å². The molecule has 1 heterocycles. The summed E-state index contributed by atoms with van der Waals surface area (Å²) in [6.07, 6.45) is 3.14. The van der Waals surface area contributed by atoms with Gasteiger partial charge in [-0.1, -0.05) is 43.1 Å². The third kappa shape index (κ3) is 2.85. The molecule has 0 radical (unpaired) electrons. The van der Waals surface area contributed by atoms with Crippen LogP contribution in [0.2, 0.25) is 5.02 Å². The third-order valence-electron chi connectivity index (χ3n) is 5.51. The highest BCUT2D eigenvalue weighted by molar-refractivity contribution is 6.31. The summed E-state index contributed by atoms with van der Waals surface area (Å²) >= 11 is 6.17. The number of aliphatic carboxylic acids is 1. The van der Waals surface area contributed by atoms with E-state index in [9.17, 15) is 14.7 Å². The summed E-state index contributed by atoms with van der Waals surface area (Å²) in [5.74, 6) is -0.787. The molecule has 4 nitrogen and oxygen atoms in total.